The molecule has 0 spiro atoms. The molecule has 3 aliphatic rings. The molecule has 1 saturated carbocycles. The Morgan fingerprint density at radius 2 is 2.00 bits per heavy atom. The average Bonchev–Trinajstić information content (AvgIpc) is 3.10. The Balaban J connectivity index is 1.61. The zero-order chi connectivity index (χ0) is 14.1. The largest absolute Gasteiger partial charge is 0.352 e. The third kappa shape index (κ3) is 2.97. The van der Waals surface area contributed by atoms with E-state index in [-0.39, 0.29) is 23.8 Å². The van der Waals surface area contributed by atoms with Gasteiger partial charge >= 0.3 is 0 Å². The van der Waals surface area contributed by atoms with Crippen molar-refractivity contribution < 1.29 is 9.59 Å². The van der Waals surface area contributed by atoms with E-state index < -0.39 is 0 Å². The lowest BCUT2D eigenvalue weighted by Gasteiger charge is -2.32. The van der Waals surface area contributed by atoms with E-state index in [9.17, 15) is 9.59 Å². The lowest BCUT2D eigenvalue weighted by molar-refractivity contribution is -0.142. The molecule has 5 heteroatoms. The fraction of sp³-hybridized carbons (Fsp3) is 0.867. The van der Waals surface area contributed by atoms with Crippen molar-refractivity contribution in [3.05, 3.63) is 0 Å². The Hall–Kier alpha value is -1.10. The predicted octanol–water partition coefficient (Wildman–Crippen LogP) is 0.644. The fourth-order valence-corrected chi connectivity index (χ4v) is 3.42. The maximum atomic E-state index is 12.7. The Morgan fingerprint density at radius 1 is 1.20 bits per heavy atom. The van der Waals surface area contributed by atoms with Crippen LogP contribution in [0, 0.1) is 5.92 Å². The summed E-state index contributed by atoms with van der Waals surface area (Å²) < 4.78 is 0. The first-order chi connectivity index (χ1) is 9.65. The van der Waals surface area contributed by atoms with Gasteiger partial charge in [-0.1, -0.05) is 0 Å². The minimum atomic E-state index is -0.215. The second-order valence-electron chi connectivity index (χ2n) is 6.55. The van der Waals surface area contributed by atoms with Gasteiger partial charge in [-0.25, -0.2) is 0 Å². The minimum absolute atomic E-state index is 0.0698. The number of nitrogens with zero attached hydrogens (tertiary/aromatic N) is 1. The van der Waals surface area contributed by atoms with E-state index in [4.69, 9.17) is 0 Å². The van der Waals surface area contributed by atoms with E-state index in [1.165, 1.54) is 0 Å². The van der Waals surface area contributed by atoms with Gasteiger partial charge in [-0.15, -0.1) is 0 Å². The van der Waals surface area contributed by atoms with Gasteiger partial charge in [-0.05, 0) is 52.0 Å². The van der Waals surface area contributed by atoms with Gasteiger partial charge in [0, 0.05) is 24.5 Å². The molecular formula is C15H25N3O2. The SMILES string of the molecule is CC1CC(C(=O)N2CCCC2C(=O)NC2CC2)CCN1. The molecule has 0 bridgehead atoms. The summed E-state index contributed by atoms with van der Waals surface area (Å²) in [6.07, 6.45) is 5.76. The van der Waals surface area contributed by atoms with E-state index in [0.29, 0.717) is 12.1 Å². The number of hydrogen-bond donors (Lipinski definition) is 2. The van der Waals surface area contributed by atoms with Crippen LogP contribution in [0.5, 0.6) is 0 Å². The first kappa shape index (κ1) is 13.9. The second-order valence-corrected chi connectivity index (χ2v) is 6.55. The molecule has 3 rings (SSSR count). The standard InChI is InChI=1S/C15H25N3O2/c1-10-9-11(6-7-16-10)15(20)18-8-2-3-13(18)14(19)17-12-4-5-12/h10-13,16H,2-9H2,1H3,(H,17,19). The van der Waals surface area contributed by atoms with Crippen LogP contribution >= 0.6 is 0 Å². The molecule has 2 amide bonds. The van der Waals surface area contributed by atoms with Crippen LogP contribution in [-0.2, 0) is 9.59 Å². The highest BCUT2D eigenvalue weighted by atomic mass is 16.2. The molecule has 1 aliphatic carbocycles. The predicted molar refractivity (Wildman–Crippen MR) is 76.1 cm³/mol. The average molecular weight is 279 g/mol. The van der Waals surface area contributed by atoms with Crippen molar-refractivity contribution in [2.45, 2.75) is 63.6 Å². The molecule has 2 heterocycles. The van der Waals surface area contributed by atoms with Crippen LogP contribution in [0.15, 0.2) is 0 Å². The monoisotopic (exact) mass is 279 g/mol. The van der Waals surface area contributed by atoms with Gasteiger partial charge in [0.05, 0.1) is 0 Å². The first-order valence-electron chi connectivity index (χ1n) is 7.99. The summed E-state index contributed by atoms with van der Waals surface area (Å²) in [6.45, 7) is 3.78. The number of nitrogens with one attached hydrogen (secondary N) is 2. The number of carbonyl (C=O) groups is 2. The fourth-order valence-electron chi connectivity index (χ4n) is 3.42. The van der Waals surface area contributed by atoms with Gasteiger partial charge in [0.25, 0.3) is 0 Å². The van der Waals surface area contributed by atoms with Crippen molar-refractivity contribution >= 4 is 11.8 Å². The molecule has 3 atom stereocenters. The summed E-state index contributed by atoms with van der Waals surface area (Å²) >= 11 is 0. The first-order valence-corrected chi connectivity index (χ1v) is 7.99. The Bertz CT molecular complexity index is 395. The van der Waals surface area contributed by atoms with Gasteiger partial charge in [0.1, 0.15) is 6.04 Å². The Kier molecular flexibility index (Phi) is 3.96. The van der Waals surface area contributed by atoms with Crippen LogP contribution in [0.1, 0.15) is 45.4 Å². The van der Waals surface area contributed by atoms with Crippen molar-refractivity contribution in [1.82, 2.24) is 15.5 Å². The third-order valence-corrected chi connectivity index (χ3v) is 4.74. The molecule has 3 fully saturated rings. The molecule has 2 saturated heterocycles. The van der Waals surface area contributed by atoms with Crippen molar-refractivity contribution in [3.8, 4) is 0 Å². The lowest BCUT2D eigenvalue weighted by Crippen LogP contribution is -2.50. The van der Waals surface area contributed by atoms with Gasteiger partial charge in [-0.2, -0.15) is 0 Å². The molecule has 0 aromatic rings. The van der Waals surface area contributed by atoms with E-state index >= 15 is 0 Å². The Morgan fingerprint density at radius 3 is 2.70 bits per heavy atom. The van der Waals surface area contributed by atoms with Gasteiger partial charge in [0.2, 0.25) is 11.8 Å². The molecule has 0 radical (unpaired) electrons. The lowest BCUT2D eigenvalue weighted by atomic mass is 9.91. The number of rotatable bonds is 3. The topological polar surface area (TPSA) is 61.4 Å². The molecular weight excluding hydrogens is 254 g/mol. The van der Waals surface area contributed by atoms with E-state index in [0.717, 1.165) is 51.6 Å². The highest BCUT2D eigenvalue weighted by Gasteiger charge is 2.39. The molecule has 3 unspecified atom stereocenters. The van der Waals surface area contributed by atoms with Crippen LogP contribution in [-0.4, -0.2) is 47.9 Å². The van der Waals surface area contributed by atoms with E-state index in [1.807, 2.05) is 4.90 Å². The summed E-state index contributed by atoms with van der Waals surface area (Å²) in [5.41, 5.74) is 0. The molecule has 0 aromatic carbocycles. The third-order valence-electron chi connectivity index (χ3n) is 4.74. The molecule has 2 N–H and O–H groups in total. The number of carbonyl (C=O) groups excluding carboxylic acids is 2. The summed E-state index contributed by atoms with van der Waals surface area (Å²) in [4.78, 5) is 26.8. The van der Waals surface area contributed by atoms with E-state index in [1.54, 1.807) is 0 Å². The molecule has 0 aromatic heterocycles. The summed E-state index contributed by atoms with van der Waals surface area (Å²) in [5.74, 6) is 0.368. The maximum Gasteiger partial charge on any atom is 0.243 e. The molecule has 20 heavy (non-hydrogen) atoms. The van der Waals surface area contributed by atoms with Crippen molar-refractivity contribution in [3.63, 3.8) is 0 Å². The van der Waals surface area contributed by atoms with Crippen LogP contribution in [0.3, 0.4) is 0 Å². The maximum absolute atomic E-state index is 12.7. The van der Waals surface area contributed by atoms with Crippen LogP contribution < -0.4 is 10.6 Å². The van der Waals surface area contributed by atoms with Crippen LogP contribution in [0.2, 0.25) is 0 Å². The highest BCUT2D eigenvalue weighted by Crippen LogP contribution is 2.26. The van der Waals surface area contributed by atoms with Crippen LogP contribution in [0.25, 0.3) is 0 Å². The van der Waals surface area contributed by atoms with E-state index in [2.05, 4.69) is 17.6 Å². The number of hydrogen-bond acceptors (Lipinski definition) is 3. The van der Waals surface area contributed by atoms with Crippen molar-refractivity contribution in [2.24, 2.45) is 5.92 Å². The van der Waals surface area contributed by atoms with Crippen molar-refractivity contribution in [2.75, 3.05) is 13.1 Å². The van der Waals surface area contributed by atoms with Gasteiger partial charge in [-0.3, -0.25) is 9.59 Å². The quantitative estimate of drug-likeness (QED) is 0.797. The minimum Gasteiger partial charge on any atom is -0.352 e. The zero-order valence-corrected chi connectivity index (χ0v) is 12.2. The molecule has 112 valence electrons. The summed E-state index contributed by atoms with van der Waals surface area (Å²) in [6, 6.07) is 0.561. The molecule has 5 nitrogen and oxygen atoms in total. The number of piperidine rings is 1. The van der Waals surface area contributed by atoms with Crippen molar-refractivity contribution in [1.29, 1.82) is 0 Å². The normalized spacial score (nSPS) is 34.0. The number of likely N-dealkylation sites (tertiary alicyclic amines) is 1. The van der Waals surface area contributed by atoms with Gasteiger partial charge < -0.3 is 15.5 Å². The second kappa shape index (κ2) is 5.72. The Labute approximate surface area is 120 Å². The molecule has 2 aliphatic heterocycles. The van der Waals surface area contributed by atoms with Gasteiger partial charge in [0.15, 0.2) is 0 Å². The summed E-state index contributed by atoms with van der Waals surface area (Å²) in [5, 5.41) is 6.42. The highest BCUT2D eigenvalue weighted by molar-refractivity contribution is 5.89. The smallest absolute Gasteiger partial charge is 0.243 e. The summed E-state index contributed by atoms with van der Waals surface area (Å²) in [7, 11) is 0. The number of amides is 2. The van der Waals surface area contributed by atoms with Crippen LogP contribution in [0.4, 0.5) is 0 Å². The zero-order valence-electron chi connectivity index (χ0n) is 12.2.